The molecule has 2 aromatic carbocycles. The van der Waals surface area contributed by atoms with Gasteiger partial charge in [-0.15, -0.1) is 0 Å². The Bertz CT molecular complexity index is 1260. The number of hydrogen-bond donors (Lipinski definition) is 2. The van der Waals surface area contributed by atoms with E-state index in [-0.39, 0.29) is 17.2 Å². The molecule has 35 heavy (non-hydrogen) atoms. The number of likely N-dealkylation sites (tertiary alicyclic amines) is 1. The summed E-state index contributed by atoms with van der Waals surface area (Å²) >= 11 is 0. The number of alkyl halides is 2. The fraction of sp³-hybridized carbons (Fsp3) is 0.360. The average Bonchev–Trinajstić information content (AvgIpc) is 3.29. The van der Waals surface area contributed by atoms with E-state index >= 15 is 0 Å². The summed E-state index contributed by atoms with van der Waals surface area (Å²) in [6.45, 7) is 2.60. The van der Waals surface area contributed by atoms with Crippen molar-refractivity contribution in [2.24, 2.45) is 0 Å². The molecule has 0 aliphatic carbocycles. The van der Waals surface area contributed by atoms with E-state index in [0.29, 0.717) is 36.1 Å². The number of nitrogens with zero attached hydrogens (tertiary/aromatic N) is 2. The number of ether oxygens (including phenoxy) is 1. The highest BCUT2D eigenvalue weighted by atomic mass is 19.3. The number of halogens is 3. The summed E-state index contributed by atoms with van der Waals surface area (Å²) < 4.78 is 47.1. The van der Waals surface area contributed by atoms with Crippen LogP contribution in [0.4, 0.5) is 23.7 Å². The third-order valence-electron chi connectivity index (χ3n) is 6.61. The maximum absolute atomic E-state index is 14.8. The smallest absolute Gasteiger partial charge is 0.317 e. The number of pyridine rings is 1. The monoisotopic (exact) mass is 482 g/mol. The Balaban J connectivity index is 1.72. The third kappa shape index (κ3) is 4.67. The lowest BCUT2D eigenvalue weighted by Crippen LogP contribution is -2.40. The van der Waals surface area contributed by atoms with Gasteiger partial charge in [0.05, 0.1) is 23.7 Å². The maximum Gasteiger partial charge on any atom is 0.317 e. The summed E-state index contributed by atoms with van der Waals surface area (Å²) in [4.78, 5) is 18.2. The predicted octanol–water partition coefficient (Wildman–Crippen LogP) is 4.17. The van der Waals surface area contributed by atoms with Crippen molar-refractivity contribution in [2.45, 2.75) is 31.4 Å². The van der Waals surface area contributed by atoms with Gasteiger partial charge in [-0.25, -0.2) is 18.0 Å². The number of methoxy groups -OCH3 is 1. The fourth-order valence-corrected chi connectivity index (χ4v) is 4.67. The zero-order valence-electron chi connectivity index (χ0n) is 19.7. The van der Waals surface area contributed by atoms with Crippen LogP contribution in [0.1, 0.15) is 42.5 Å². The van der Waals surface area contributed by atoms with Gasteiger partial charge in [0.15, 0.2) is 0 Å². The first-order chi connectivity index (χ1) is 16.7. The number of anilines is 1. The molecule has 2 N–H and O–H groups in total. The van der Waals surface area contributed by atoms with Crippen molar-refractivity contribution < 1.29 is 22.7 Å². The first-order valence-electron chi connectivity index (χ1n) is 11.2. The molecule has 1 saturated heterocycles. The molecule has 0 spiro atoms. The van der Waals surface area contributed by atoms with E-state index in [9.17, 15) is 18.0 Å². The lowest BCUT2D eigenvalue weighted by molar-refractivity contribution is -0.00305. The quantitative estimate of drug-likeness (QED) is 0.518. The van der Waals surface area contributed by atoms with Gasteiger partial charge in [-0.1, -0.05) is 24.3 Å². The summed E-state index contributed by atoms with van der Waals surface area (Å²) in [6.07, 6.45) is -2.30. The number of carbonyl (C=O) groups excluding carboxylic acids is 1. The van der Waals surface area contributed by atoms with E-state index in [1.165, 1.54) is 12.1 Å². The third-order valence-corrected chi connectivity index (χ3v) is 6.61. The van der Waals surface area contributed by atoms with Crippen molar-refractivity contribution in [3.8, 4) is 0 Å². The minimum atomic E-state index is -2.91. The van der Waals surface area contributed by atoms with Crippen LogP contribution in [0.3, 0.4) is 0 Å². The Morgan fingerprint density at radius 1 is 1.23 bits per heavy atom. The van der Waals surface area contributed by atoms with Gasteiger partial charge < -0.3 is 20.3 Å². The van der Waals surface area contributed by atoms with Gasteiger partial charge in [-0.05, 0) is 36.3 Å². The minimum absolute atomic E-state index is 0.118. The second kappa shape index (κ2) is 9.77. The molecule has 1 aliphatic rings. The Morgan fingerprint density at radius 3 is 2.66 bits per heavy atom. The Kier molecular flexibility index (Phi) is 6.94. The molecule has 3 aromatic rings. The summed E-state index contributed by atoms with van der Waals surface area (Å²) in [5, 5.41) is 6.56. The van der Waals surface area contributed by atoms with Crippen molar-refractivity contribution in [3.63, 3.8) is 0 Å². The number of aromatic nitrogens is 1. The summed E-state index contributed by atoms with van der Waals surface area (Å²) in [5.74, 6) is -0.937. The molecule has 0 bridgehead atoms. The van der Waals surface area contributed by atoms with Gasteiger partial charge in [0, 0.05) is 43.8 Å². The van der Waals surface area contributed by atoms with E-state index in [0.717, 1.165) is 11.6 Å². The van der Waals surface area contributed by atoms with E-state index in [1.807, 2.05) is 18.2 Å². The highest BCUT2D eigenvalue weighted by Gasteiger charge is 2.41. The minimum Gasteiger partial charge on any atom is -0.378 e. The topological polar surface area (TPSA) is 66.5 Å². The van der Waals surface area contributed by atoms with Gasteiger partial charge in [0.1, 0.15) is 19.3 Å². The number of rotatable bonds is 6. The Morgan fingerprint density at radius 2 is 1.97 bits per heavy atom. The van der Waals surface area contributed by atoms with E-state index < -0.39 is 29.4 Å². The lowest BCUT2D eigenvalue weighted by Gasteiger charge is -2.29. The molecule has 4 rings (SSSR count). The van der Waals surface area contributed by atoms with Crippen LogP contribution in [0.2, 0.25) is 0 Å². The second-order valence-electron chi connectivity index (χ2n) is 8.67. The largest absolute Gasteiger partial charge is 0.378 e. The molecule has 1 aliphatic heterocycles. The molecule has 10 heteroatoms. The second-order valence-corrected chi connectivity index (χ2v) is 8.67. The molecule has 1 aromatic heterocycles. The molecule has 0 unspecified atom stereocenters. The van der Waals surface area contributed by atoms with Crippen LogP contribution >= 0.6 is 0 Å². The van der Waals surface area contributed by atoms with E-state index in [1.54, 1.807) is 32.0 Å². The highest BCUT2D eigenvalue weighted by Crippen LogP contribution is 2.38. The molecule has 182 valence electrons. The summed E-state index contributed by atoms with van der Waals surface area (Å²) in [6, 6.07) is 10.4. The molecule has 2 amide bonds. The van der Waals surface area contributed by atoms with Crippen molar-refractivity contribution in [1.82, 2.24) is 15.2 Å². The number of fused-ring (bicyclic) bond motifs is 1. The van der Waals surface area contributed by atoms with Crippen LogP contribution in [0, 0.1) is 5.82 Å². The molecule has 2 atom stereocenters. The van der Waals surface area contributed by atoms with E-state index in [4.69, 9.17) is 12.6 Å². The van der Waals surface area contributed by atoms with Crippen LogP contribution in [0.5, 0.6) is 0 Å². The average molecular weight is 482 g/mol. The standard InChI is InChI=1S/C25H26BF3N4O2/c1-14(16-5-4-6-17(22(16)27)23(28)29)31-20-12-21(26)32-19-8-7-15(11-18(19)20)25(35-3)9-10-33(13-25)24(34)30-2/h4-8,11-12,14,23H,9-10,13H2,1-3H3,(H,30,34)(H,31,32)/t14-,25-/m1/s1. The predicted molar refractivity (Wildman–Crippen MR) is 130 cm³/mol. The van der Waals surface area contributed by atoms with Crippen LogP contribution in [0.25, 0.3) is 10.9 Å². The molecule has 0 saturated carbocycles. The van der Waals surface area contributed by atoms with Crippen molar-refractivity contribution in [1.29, 1.82) is 0 Å². The van der Waals surface area contributed by atoms with Crippen molar-refractivity contribution in [3.05, 3.63) is 65.0 Å². The van der Waals surface area contributed by atoms with Crippen LogP contribution < -0.4 is 16.2 Å². The molecular formula is C25H26BF3N4O2. The number of amides is 2. The summed E-state index contributed by atoms with van der Waals surface area (Å²) in [5.41, 5.74) is 1.08. The molecule has 2 heterocycles. The van der Waals surface area contributed by atoms with Gasteiger partial charge in [-0.3, -0.25) is 4.98 Å². The SMILES string of the molecule is [B]c1cc(N[C@H](C)c2cccc(C(F)F)c2F)c2cc([C@@]3(OC)CCN(C(=O)NC)C3)ccc2n1. The Labute approximate surface area is 203 Å². The fourth-order valence-electron chi connectivity index (χ4n) is 4.67. The number of benzene rings is 2. The summed E-state index contributed by atoms with van der Waals surface area (Å²) in [7, 11) is 9.21. The lowest BCUT2D eigenvalue weighted by atomic mass is 9.90. The van der Waals surface area contributed by atoms with Gasteiger partial charge in [-0.2, -0.15) is 0 Å². The number of urea groups is 1. The van der Waals surface area contributed by atoms with Crippen molar-refractivity contribution >= 4 is 36.1 Å². The van der Waals surface area contributed by atoms with E-state index in [2.05, 4.69) is 15.6 Å². The van der Waals surface area contributed by atoms with Gasteiger partial charge in [0.2, 0.25) is 0 Å². The maximum atomic E-state index is 14.8. The van der Waals surface area contributed by atoms with Crippen LogP contribution in [-0.2, 0) is 10.3 Å². The first-order valence-corrected chi connectivity index (χ1v) is 11.2. The Hall–Kier alpha value is -3.27. The molecule has 2 radical (unpaired) electrons. The molecule has 1 fully saturated rings. The number of carbonyl (C=O) groups is 1. The zero-order chi connectivity index (χ0) is 25.3. The first kappa shape index (κ1) is 24.8. The zero-order valence-corrected chi connectivity index (χ0v) is 19.7. The van der Waals surface area contributed by atoms with Gasteiger partial charge in [0.25, 0.3) is 6.43 Å². The normalized spacial score (nSPS) is 18.8. The molecule has 6 nitrogen and oxygen atoms in total. The highest BCUT2D eigenvalue weighted by molar-refractivity contribution is 6.31. The van der Waals surface area contributed by atoms with Crippen molar-refractivity contribution in [2.75, 3.05) is 32.6 Å². The molecular weight excluding hydrogens is 456 g/mol. The number of hydrogen-bond acceptors (Lipinski definition) is 4. The van der Waals surface area contributed by atoms with Crippen LogP contribution in [-0.4, -0.2) is 51.0 Å². The van der Waals surface area contributed by atoms with Crippen LogP contribution in [0.15, 0.2) is 42.5 Å². The van der Waals surface area contributed by atoms with Gasteiger partial charge >= 0.3 is 6.03 Å². The number of nitrogens with one attached hydrogen (secondary N) is 2.